The van der Waals surface area contributed by atoms with Crippen LogP contribution in [-0.4, -0.2) is 58.1 Å². The Morgan fingerprint density at radius 2 is 1.72 bits per heavy atom. The SMILES string of the molecule is Cc1nc(N[C@H](C(=O)N2C[C@H](C(C)C)C[C@H]2C(=O)NC(CC2CCC2)C(=O)C(N)=O)C2CCCCC2)sc1C. The predicted molar refractivity (Wildman–Crippen MR) is 152 cm³/mol. The number of thiazole rings is 1. The van der Waals surface area contributed by atoms with Gasteiger partial charge in [-0.3, -0.25) is 19.2 Å². The van der Waals surface area contributed by atoms with Crippen LogP contribution in [0.5, 0.6) is 0 Å². The summed E-state index contributed by atoms with van der Waals surface area (Å²) in [6, 6.07) is -2.10. The van der Waals surface area contributed by atoms with E-state index in [2.05, 4.69) is 29.5 Å². The largest absolute Gasteiger partial charge is 0.363 e. The Morgan fingerprint density at radius 1 is 1.03 bits per heavy atom. The predicted octanol–water partition coefficient (Wildman–Crippen LogP) is 3.72. The van der Waals surface area contributed by atoms with Crippen molar-refractivity contribution in [3.8, 4) is 0 Å². The number of nitrogens with two attached hydrogens (primary N) is 1. The van der Waals surface area contributed by atoms with Gasteiger partial charge in [-0.05, 0) is 63.2 Å². The Labute approximate surface area is 236 Å². The molecule has 39 heavy (non-hydrogen) atoms. The van der Waals surface area contributed by atoms with Crippen LogP contribution in [0.4, 0.5) is 5.13 Å². The molecule has 3 amide bonds. The summed E-state index contributed by atoms with van der Waals surface area (Å²) in [6.07, 6.45) is 9.26. The molecular formula is C29H45N5O4S. The Hall–Kier alpha value is -2.49. The van der Waals surface area contributed by atoms with Crippen LogP contribution in [0.3, 0.4) is 0 Å². The van der Waals surface area contributed by atoms with E-state index in [1.165, 1.54) is 6.42 Å². The maximum absolute atomic E-state index is 14.3. The number of Topliss-reactive ketones (excluding diaryl/α,β-unsaturated/α-hetero) is 1. The monoisotopic (exact) mass is 559 g/mol. The minimum absolute atomic E-state index is 0.0764. The highest BCUT2D eigenvalue weighted by Gasteiger charge is 2.45. The van der Waals surface area contributed by atoms with Crippen molar-refractivity contribution < 1.29 is 19.2 Å². The second-order valence-corrected chi connectivity index (χ2v) is 13.5. The van der Waals surface area contributed by atoms with E-state index in [9.17, 15) is 19.2 Å². The molecule has 2 saturated carbocycles. The molecule has 2 heterocycles. The van der Waals surface area contributed by atoms with Gasteiger partial charge in [-0.1, -0.05) is 52.4 Å². The van der Waals surface area contributed by atoms with Crippen molar-refractivity contribution in [2.24, 2.45) is 29.4 Å². The summed E-state index contributed by atoms with van der Waals surface area (Å²) in [4.78, 5) is 59.9. The van der Waals surface area contributed by atoms with Crippen molar-refractivity contribution in [2.75, 3.05) is 11.9 Å². The highest BCUT2D eigenvalue weighted by atomic mass is 32.1. The summed E-state index contributed by atoms with van der Waals surface area (Å²) in [5.41, 5.74) is 6.28. The number of nitrogens with one attached hydrogen (secondary N) is 2. The zero-order chi connectivity index (χ0) is 28.3. The second kappa shape index (κ2) is 12.8. The molecule has 216 valence electrons. The minimum atomic E-state index is -1.03. The zero-order valence-electron chi connectivity index (χ0n) is 23.8. The van der Waals surface area contributed by atoms with Crippen molar-refractivity contribution in [3.05, 3.63) is 10.6 Å². The molecule has 0 aromatic carbocycles. The third-order valence-corrected chi connectivity index (χ3v) is 10.2. The van der Waals surface area contributed by atoms with Gasteiger partial charge in [0.25, 0.3) is 5.91 Å². The number of nitrogens with zero attached hydrogens (tertiary/aromatic N) is 2. The van der Waals surface area contributed by atoms with Gasteiger partial charge in [0.1, 0.15) is 12.1 Å². The highest BCUT2D eigenvalue weighted by Crippen LogP contribution is 2.35. The number of hydrogen-bond acceptors (Lipinski definition) is 7. The van der Waals surface area contributed by atoms with Crippen LogP contribution in [0.15, 0.2) is 0 Å². The van der Waals surface area contributed by atoms with Crippen molar-refractivity contribution in [1.82, 2.24) is 15.2 Å². The number of anilines is 1. The smallest absolute Gasteiger partial charge is 0.287 e. The molecule has 1 aromatic rings. The molecule has 0 bridgehead atoms. The number of likely N-dealkylation sites (tertiary alicyclic amines) is 1. The minimum Gasteiger partial charge on any atom is -0.363 e. The van der Waals surface area contributed by atoms with Crippen LogP contribution in [0.1, 0.15) is 88.6 Å². The Morgan fingerprint density at radius 3 is 2.26 bits per heavy atom. The van der Waals surface area contributed by atoms with Gasteiger partial charge in [-0.15, -0.1) is 11.3 Å². The van der Waals surface area contributed by atoms with Gasteiger partial charge in [0, 0.05) is 11.4 Å². The first-order valence-corrected chi connectivity index (χ1v) is 15.5. The molecule has 4 rings (SSSR count). The number of carbonyl (C=O) groups excluding carboxylic acids is 4. The maximum atomic E-state index is 14.3. The van der Waals surface area contributed by atoms with Gasteiger partial charge in [0.15, 0.2) is 5.13 Å². The molecule has 4 N–H and O–H groups in total. The molecule has 3 fully saturated rings. The van der Waals surface area contributed by atoms with Crippen molar-refractivity contribution in [3.63, 3.8) is 0 Å². The Kier molecular flexibility index (Phi) is 9.67. The number of primary amides is 1. The number of aryl methyl sites for hydroxylation is 2. The highest BCUT2D eigenvalue weighted by molar-refractivity contribution is 7.15. The lowest BCUT2D eigenvalue weighted by molar-refractivity contribution is -0.142. The summed E-state index contributed by atoms with van der Waals surface area (Å²) in [6.45, 7) is 8.71. The number of ketones is 1. The number of hydrogen-bond donors (Lipinski definition) is 3. The average molecular weight is 560 g/mol. The topological polar surface area (TPSA) is 134 Å². The standard InChI is InChI=1S/C29H45N5O4S/c1-16(2)21-14-23(27(37)32-22(25(35)26(30)36)13-19-9-8-10-19)34(15-21)28(38)24(20-11-6-5-7-12-20)33-29-31-17(3)18(4)39-29/h16,19-24H,5-15H2,1-4H3,(H2,30,36)(H,31,33)(H,32,37)/t21-,22?,23+,24+/m1/s1. The van der Waals surface area contributed by atoms with Crippen LogP contribution in [0.25, 0.3) is 0 Å². The van der Waals surface area contributed by atoms with Crippen molar-refractivity contribution >= 4 is 40.0 Å². The summed E-state index contributed by atoms with van der Waals surface area (Å²) in [7, 11) is 0. The van der Waals surface area contributed by atoms with Gasteiger partial charge in [0.2, 0.25) is 17.6 Å². The summed E-state index contributed by atoms with van der Waals surface area (Å²) in [5.74, 6) is -1.31. The Bertz CT molecular complexity index is 1040. The molecule has 1 aliphatic heterocycles. The van der Waals surface area contributed by atoms with E-state index in [4.69, 9.17) is 5.73 Å². The fourth-order valence-corrected chi connectivity index (χ4v) is 7.12. The van der Waals surface area contributed by atoms with Gasteiger partial charge in [-0.25, -0.2) is 4.98 Å². The van der Waals surface area contributed by atoms with E-state index in [1.807, 2.05) is 13.8 Å². The van der Waals surface area contributed by atoms with Crippen LogP contribution >= 0.6 is 11.3 Å². The number of rotatable bonds is 11. The van der Waals surface area contributed by atoms with E-state index >= 15 is 0 Å². The molecule has 1 aromatic heterocycles. The van der Waals surface area contributed by atoms with E-state index in [1.54, 1.807) is 16.2 Å². The van der Waals surface area contributed by atoms with Crippen LogP contribution in [-0.2, 0) is 19.2 Å². The van der Waals surface area contributed by atoms with E-state index in [0.717, 1.165) is 60.6 Å². The van der Waals surface area contributed by atoms with Crippen molar-refractivity contribution in [1.29, 1.82) is 0 Å². The lowest BCUT2D eigenvalue weighted by Gasteiger charge is -2.35. The van der Waals surface area contributed by atoms with Crippen molar-refractivity contribution in [2.45, 2.75) is 110 Å². The van der Waals surface area contributed by atoms with Crippen LogP contribution in [0, 0.1) is 37.5 Å². The maximum Gasteiger partial charge on any atom is 0.287 e. The van der Waals surface area contributed by atoms with Crippen LogP contribution < -0.4 is 16.4 Å². The molecule has 10 heteroatoms. The van der Waals surface area contributed by atoms with Gasteiger partial charge < -0.3 is 21.3 Å². The van der Waals surface area contributed by atoms with Crippen LogP contribution in [0.2, 0.25) is 0 Å². The third kappa shape index (κ3) is 6.99. The summed E-state index contributed by atoms with van der Waals surface area (Å²) < 4.78 is 0. The van der Waals surface area contributed by atoms with E-state index in [-0.39, 0.29) is 23.7 Å². The summed E-state index contributed by atoms with van der Waals surface area (Å²) >= 11 is 1.55. The normalized spacial score (nSPS) is 23.8. The quantitative estimate of drug-likeness (QED) is 0.354. The lowest BCUT2D eigenvalue weighted by Crippen LogP contribution is -2.56. The molecule has 0 radical (unpaired) electrons. The molecule has 0 spiro atoms. The molecular weight excluding hydrogens is 514 g/mol. The first kappa shape index (κ1) is 29.5. The number of aromatic nitrogens is 1. The molecule has 3 aliphatic rings. The number of carbonyl (C=O) groups is 4. The fraction of sp³-hybridized carbons (Fsp3) is 0.759. The zero-order valence-corrected chi connectivity index (χ0v) is 24.6. The summed E-state index contributed by atoms with van der Waals surface area (Å²) in [5, 5.41) is 7.06. The van der Waals surface area contributed by atoms with E-state index in [0.29, 0.717) is 31.2 Å². The average Bonchev–Trinajstić information content (AvgIpc) is 3.47. The Balaban J connectivity index is 1.57. The first-order valence-electron chi connectivity index (χ1n) is 14.7. The van der Waals surface area contributed by atoms with Gasteiger partial charge in [0.05, 0.1) is 11.7 Å². The molecule has 1 unspecified atom stereocenters. The van der Waals surface area contributed by atoms with E-state index < -0.39 is 29.8 Å². The third-order valence-electron chi connectivity index (χ3n) is 9.23. The lowest BCUT2D eigenvalue weighted by atomic mass is 9.80. The fourth-order valence-electron chi connectivity index (χ4n) is 6.27. The van der Waals surface area contributed by atoms with Gasteiger partial charge in [-0.2, -0.15) is 0 Å². The molecule has 4 atom stereocenters. The van der Waals surface area contributed by atoms with Gasteiger partial charge >= 0.3 is 0 Å². The first-order chi connectivity index (χ1) is 18.5. The molecule has 2 aliphatic carbocycles. The molecule has 1 saturated heterocycles. The second-order valence-electron chi connectivity index (χ2n) is 12.2. The number of amides is 3. The molecule has 9 nitrogen and oxygen atoms in total.